The van der Waals surface area contributed by atoms with Gasteiger partial charge in [0.05, 0.1) is 18.9 Å². The molecule has 0 bridgehead atoms. The Morgan fingerprint density at radius 3 is 3.22 bits per heavy atom. The quantitative estimate of drug-likeness (QED) is 0.844. The molecule has 1 aromatic heterocycles. The second-order valence-electron chi connectivity index (χ2n) is 4.36. The molecule has 0 saturated carbocycles. The van der Waals surface area contributed by atoms with Crippen LogP contribution in [0.25, 0.3) is 10.8 Å². The number of anilines is 1. The summed E-state index contributed by atoms with van der Waals surface area (Å²) in [5, 5.41) is 17.0. The fourth-order valence-corrected chi connectivity index (χ4v) is 2.12. The zero-order valence-electron chi connectivity index (χ0n) is 10.1. The monoisotopic (exact) mass is 244 g/mol. The van der Waals surface area contributed by atoms with Crippen LogP contribution in [-0.2, 0) is 4.74 Å². The van der Waals surface area contributed by atoms with E-state index in [1.165, 1.54) is 0 Å². The van der Waals surface area contributed by atoms with Crippen LogP contribution < -0.4 is 10.6 Å². The molecule has 5 nitrogen and oxygen atoms in total. The minimum absolute atomic E-state index is 0.194. The second-order valence-corrected chi connectivity index (χ2v) is 4.36. The highest BCUT2D eigenvalue weighted by Crippen LogP contribution is 2.19. The van der Waals surface area contributed by atoms with Crippen LogP contribution in [0.2, 0.25) is 0 Å². The van der Waals surface area contributed by atoms with Gasteiger partial charge < -0.3 is 15.4 Å². The predicted molar refractivity (Wildman–Crippen MR) is 70.6 cm³/mol. The van der Waals surface area contributed by atoms with Crippen molar-refractivity contribution in [1.82, 2.24) is 15.5 Å². The molecule has 2 heterocycles. The molecule has 0 aliphatic carbocycles. The minimum atomic E-state index is 0.194. The lowest BCUT2D eigenvalue weighted by atomic mass is 10.2. The Labute approximate surface area is 106 Å². The summed E-state index contributed by atoms with van der Waals surface area (Å²) in [5.41, 5.74) is 0. The first-order valence-electron chi connectivity index (χ1n) is 6.20. The van der Waals surface area contributed by atoms with Gasteiger partial charge in [0.1, 0.15) is 0 Å². The van der Waals surface area contributed by atoms with Gasteiger partial charge in [-0.25, -0.2) is 0 Å². The van der Waals surface area contributed by atoms with Gasteiger partial charge in [0.15, 0.2) is 5.82 Å². The SMILES string of the molecule is c1ccc2c(NCC3CNCCO3)nncc2c1. The maximum absolute atomic E-state index is 5.64. The lowest BCUT2D eigenvalue weighted by Crippen LogP contribution is -2.42. The van der Waals surface area contributed by atoms with E-state index in [9.17, 15) is 0 Å². The molecule has 1 aromatic carbocycles. The number of rotatable bonds is 3. The molecule has 2 N–H and O–H groups in total. The third kappa shape index (κ3) is 2.42. The van der Waals surface area contributed by atoms with Gasteiger partial charge in [-0.2, -0.15) is 5.10 Å². The Balaban J connectivity index is 1.74. The molecule has 0 amide bonds. The fourth-order valence-electron chi connectivity index (χ4n) is 2.12. The van der Waals surface area contributed by atoms with Gasteiger partial charge in [-0.3, -0.25) is 0 Å². The van der Waals surface area contributed by atoms with E-state index in [1.54, 1.807) is 6.20 Å². The summed E-state index contributed by atoms with van der Waals surface area (Å²) in [6.45, 7) is 3.33. The number of morpholine rings is 1. The van der Waals surface area contributed by atoms with Crippen molar-refractivity contribution in [3.63, 3.8) is 0 Å². The van der Waals surface area contributed by atoms with Crippen LogP contribution in [0.3, 0.4) is 0 Å². The Morgan fingerprint density at radius 1 is 1.39 bits per heavy atom. The first-order chi connectivity index (χ1) is 8.93. The van der Waals surface area contributed by atoms with Crippen molar-refractivity contribution in [3.8, 4) is 0 Å². The molecule has 1 atom stereocenters. The van der Waals surface area contributed by atoms with Crippen molar-refractivity contribution in [1.29, 1.82) is 0 Å². The van der Waals surface area contributed by atoms with E-state index in [4.69, 9.17) is 4.74 Å². The van der Waals surface area contributed by atoms with Crippen LogP contribution >= 0.6 is 0 Å². The molecule has 1 unspecified atom stereocenters. The fraction of sp³-hybridized carbons (Fsp3) is 0.385. The number of aromatic nitrogens is 2. The molecule has 18 heavy (non-hydrogen) atoms. The van der Waals surface area contributed by atoms with E-state index in [-0.39, 0.29) is 6.10 Å². The molecule has 5 heteroatoms. The lowest BCUT2D eigenvalue weighted by Gasteiger charge is -2.24. The first-order valence-corrected chi connectivity index (χ1v) is 6.20. The predicted octanol–water partition coefficient (Wildman–Crippen LogP) is 1.03. The Morgan fingerprint density at radius 2 is 2.33 bits per heavy atom. The number of nitrogens with zero attached hydrogens (tertiary/aromatic N) is 2. The van der Waals surface area contributed by atoms with Gasteiger partial charge in [-0.05, 0) is 0 Å². The molecular formula is C13H16N4O. The molecule has 0 radical (unpaired) electrons. The van der Waals surface area contributed by atoms with Gasteiger partial charge in [-0.1, -0.05) is 24.3 Å². The molecule has 94 valence electrons. The van der Waals surface area contributed by atoms with E-state index >= 15 is 0 Å². The van der Waals surface area contributed by atoms with E-state index < -0.39 is 0 Å². The van der Waals surface area contributed by atoms with Gasteiger partial charge in [0.2, 0.25) is 0 Å². The summed E-state index contributed by atoms with van der Waals surface area (Å²) >= 11 is 0. The molecule has 3 rings (SSSR count). The maximum atomic E-state index is 5.64. The van der Waals surface area contributed by atoms with E-state index in [0.717, 1.165) is 42.8 Å². The highest BCUT2D eigenvalue weighted by molar-refractivity contribution is 5.90. The molecular weight excluding hydrogens is 228 g/mol. The van der Waals surface area contributed by atoms with Crippen molar-refractivity contribution >= 4 is 16.6 Å². The average molecular weight is 244 g/mol. The number of hydrogen-bond acceptors (Lipinski definition) is 5. The van der Waals surface area contributed by atoms with Crippen LogP contribution in [0.1, 0.15) is 0 Å². The summed E-state index contributed by atoms with van der Waals surface area (Å²) in [6.07, 6.45) is 1.97. The third-order valence-corrected chi connectivity index (χ3v) is 3.07. The van der Waals surface area contributed by atoms with Crippen molar-refractivity contribution in [3.05, 3.63) is 30.5 Å². The number of ether oxygens (including phenoxy) is 1. The van der Waals surface area contributed by atoms with Crippen molar-refractivity contribution in [2.24, 2.45) is 0 Å². The first kappa shape index (κ1) is 11.4. The van der Waals surface area contributed by atoms with Crippen LogP contribution in [0.15, 0.2) is 30.5 Å². The van der Waals surface area contributed by atoms with Crippen molar-refractivity contribution in [2.45, 2.75) is 6.10 Å². The van der Waals surface area contributed by atoms with Crippen LogP contribution in [-0.4, -0.2) is 42.5 Å². The molecule has 0 spiro atoms. The lowest BCUT2D eigenvalue weighted by molar-refractivity contribution is 0.0372. The third-order valence-electron chi connectivity index (χ3n) is 3.07. The Hall–Kier alpha value is -1.72. The van der Waals surface area contributed by atoms with Crippen LogP contribution in [0, 0.1) is 0 Å². The molecule has 1 saturated heterocycles. The van der Waals surface area contributed by atoms with Crippen molar-refractivity contribution < 1.29 is 4.74 Å². The molecule has 1 aliphatic heterocycles. The largest absolute Gasteiger partial charge is 0.374 e. The van der Waals surface area contributed by atoms with E-state index in [2.05, 4.69) is 20.8 Å². The van der Waals surface area contributed by atoms with Gasteiger partial charge in [0.25, 0.3) is 0 Å². The standard InChI is InChI=1S/C13H16N4O/c1-2-4-12-10(3-1)7-16-17-13(12)15-9-11-8-14-5-6-18-11/h1-4,7,11,14H,5-6,8-9H2,(H,15,17). The normalized spacial score (nSPS) is 19.9. The minimum Gasteiger partial charge on any atom is -0.374 e. The van der Waals surface area contributed by atoms with Crippen molar-refractivity contribution in [2.75, 3.05) is 31.6 Å². The maximum Gasteiger partial charge on any atom is 0.156 e. The molecule has 2 aromatic rings. The Kier molecular flexibility index (Phi) is 3.34. The van der Waals surface area contributed by atoms with E-state index in [1.807, 2.05) is 24.3 Å². The highest BCUT2D eigenvalue weighted by atomic mass is 16.5. The summed E-state index contributed by atoms with van der Waals surface area (Å²) in [4.78, 5) is 0. The van der Waals surface area contributed by atoms with Crippen LogP contribution in [0.4, 0.5) is 5.82 Å². The topological polar surface area (TPSA) is 59.1 Å². The number of hydrogen-bond donors (Lipinski definition) is 2. The molecule has 1 fully saturated rings. The second kappa shape index (κ2) is 5.29. The number of fused-ring (bicyclic) bond motifs is 1. The molecule has 1 aliphatic rings. The average Bonchev–Trinajstić information content (AvgIpc) is 2.46. The summed E-state index contributed by atoms with van der Waals surface area (Å²) in [5.74, 6) is 0.822. The number of nitrogens with one attached hydrogen (secondary N) is 2. The van der Waals surface area contributed by atoms with Gasteiger partial charge >= 0.3 is 0 Å². The zero-order valence-corrected chi connectivity index (χ0v) is 10.1. The van der Waals surface area contributed by atoms with Crippen LogP contribution in [0.5, 0.6) is 0 Å². The summed E-state index contributed by atoms with van der Waals surface area (Å²) in [7, 11) is 0. The van der Waals surface area contributed by atoms with Gasteiger partial charge in [-0.15, -0.1) is 5.10 Å². The highest BCUT2D eigenvalue weighted by Gasteiger charge is 2.13. The Bertz CT molecular complexity index is 520. The zero-order chi connectivity index (χ0) is 12.2. The number of benzene rings is 1. The van der Waals surface area contributed by atoms with E-state index in [0.29, 0.717) is 0 Å². The van der Waals surface area contributed by atoms with Gasteiger partial charge in [0, 0.05) is 30.4 Å². The summed E-state index contributed by atoms with van der Waals surface area (Å²) in [6, 6.07) is 8.09. The smallest absolute Gasteiger partial charge is 0.156 e. The summed E-state index contributed by atoms with van der Waals surface area (Å²) < 4.78 is 5.64.